The summed E-state index contributed by atoms with van der Waals surface area (Å²) in [7, 11) is 0. The summed E-state index contributed by atoms with van der Waals surface area (Å²) in [6.07, 6.45) is 0. The van der Waals surface area contributed by atoms with E-state index in [2.05, 4.69) is 15.3 Å². The summed E-state index contributed by atoms with van der Waals surface area (Å²) in [5.41, 5.74) is 4.78. The molecule has 1 amide bonds. The van der Waals surface area contributed by atoms with Gasteiger partial charge in [0.2, 0.25) is 0 Å². The Labute approximate surface area is 166 Å². The van der Waals surface area contributed by atoms with Crippen molar-refractivity contribution in [3.8, 4) is 0 Å². The average molecular weight is 399 g/mol. The number of hydrogen-bond acceptors (Lipinski definition) is 6. The summed E-state index contributed by atoms with van der Waals surface area (Å²) < 4.78 is 6.08. The number of anilines is 1. The van der Waals surface area contributed by atoms with Crippen LogP contribution >= 0.6 is 11.3 Å². The number of hydrogen-bond donors (Lipinski definition) is 2. The van der Waals surface area contributed by atoms with E-state index in [1.54, 1.807) is 13.8 Å². The molecular weight excluding hydrogens is 378 g/mol. The second-order valence-corrected chi connectivity index (χ2v) is 7.78. The molecule has 0 atom stereocenters. The maximum absolute atomic E-state index is 12.3. The first-order chi connectivity index (χ1) is 13.2. The van der Waals surface area contributed by atoms with Gasteiger partial charge in [0.05, 0.1) is 10.2 Å². The highest BCUT2D eigenvalue weighted by atomic mass is 32.1. The van der Waals surface area contributed by atoms with E-state index in [9.17, 15) is 14.4 Å². The molecule has 0 spiro atoms. The number of ketones is 1. The first kappa shape index (κ1) is 19.8. The number of nitrogens with zero attached hydrogens (tertiary/aromatic N) is 1. The van der Waals surface area contributed by atoms with E-state index in [1.165, 1.54) is 18.3 Å². The van der Waals surface area contributed by atoms with Gasteiger partial charge in [-0.1, -0.05) is 17.4 Å². The van der Waals surface area contributed by atoms with E-state index < -0.39 is 18.5 Å². The lowest BCUT2D eigenvalue weighted by Crippen LogP contribution is -2.21. The highest BCUT2D eigenvalue weighted by Gasteiger charge is 2.21. The number of fused-ring (bicyclic) bond motifs is 1. The van der Waals surface area contributed by atoms with Crippen LogP contribution in [-0.2, 0) is 9.53 Å². The predicted octanol–water partition coefficient (Wildman–Crippen LogP) is 3.86. The number of aromatic amines is 1. The molecule has 3 aromatic rings. The van der Waals surface area contributed by atoms with Gasteiger partial charge in [-0.15, -0.1) is 0 Å². The van der Waals surface area contributed by atoms with Crippen molar-refractivity contribution in [2.75, 3.05) is 11.9 Å². The van der Waals surface area contributed by atoms with Gasteiger partial charge in [-0.25, -0.2) is 9.78 Å². The van der Waals surface area contributed by atoms with Crippen molar-refractivity contribution < 1.29 is 19.1 Å². The SMILES string of the molecule is CC(=O)c1c(C)[nH]c(C(=O)OCC(=O)Nc2nc3c(C)cc(C)cc3s2)c1C. The van der Waals surface area contributed by atoms with Crippen LogP contribution in [0.1, 0.15) is 50.2 Å². The van der Waals surface area contributed by atoms with Gasteiger partial charge in [0, 0.05) is 11.3 Å². The molecule has 1 aromatic carbocycles. The maximum Gasteiger partial charge on any atom is 0.355 e. The van der Waals surface area contributed by atoms with Crippen molar-refractivity contribution in [2.24, 2.45) is 0 Å². The number of ether oxygens (including phenoxy) is 1. The molecule has 7 nitrogen and oxygen atoms in total. The van der Waals surface area contributed by atoms with Gasteiger partial charge in [-0.2, -0.15) is 0 Å². The van der Waals surface area contributed by atoms with Gasteiger partial charge in [-0.3, -0.25) is 14.9 Å². The number of esters is 1. The van der Waals surface area contributed by atoms with E-state index in [0.29, 0.717) is 22.0 Å². The van der Waals surface area contributed by atoms with Crippen LogP contribution in [0.15, 0.2) is 12.1 Å². The first-order valence-corrected chi connectivity index (χ1v) is 9.54. The summed E-state index contributed by atoms with van der Waals surface area (Å²) in [6.45, 7) is 8.35. The molecule has 3 rings (SSSR count). The number of H-pyrrole nitrogens is 1. The molecule has 0 bridgehead atoms. The van der Waals surface area contributed by atoms with Crippen molar-refractivity contribution >= 4 is 44.3 Å². The number of carbonyl (C=O) groups is 3. The van der Waals surface area contributed by atoms with Crippen LogP contribution in [0.5, 0.6) is 0 Å². The van der Waals surface area contributed by atoms with E-state index in [-0.39, 0.29) is 11.5 Å². The van der Waals surface area contributed by atoms with Gasteiger partial charge < -0.3 is 9.72 Å². The molecule has 0 aliphatic carbocycles. The van der Waals surface area contributed by atoms with Crippen LogP contribution < -0.4 is 5.32 Å². The molecular formula is C20H21N3O4S. The van der Waals surface area contributed by atoms with Crippen LogP contribution in [0.3, 0.4) is 0 Å². The molecule has 0 saturated carbocycles. The summed E-state index contributed by atoms with van der Waals surface area (Å²) >= 11 is 1.37. The van der Waals surface area contributed by atoms with Crippen LogP contribution in [0, 0.1) is 27.7 Å². The molecule has 0 aliphatic heterocycles. The molecule has 28 heavy (non-hydrogen) atoms. The Kier molecular flexibility index (Phi) is 5.33. The number of Topliss-reactive ketones (excluding diaryl/α,β-unsaturated/α-hetero) is 1. The van der Waals surface area contributed by atoms with E-state index in [1.807, 2.05) is 26.0 Å². The Morgan fingerprint density at radius 2 is 1.89 bits per heavy atom. The number of amides is 1. The molecule has 0 fully saturated rings. The van der Waals surface area contributed by atoms with E-state index in [0.717, 1.165) is 21.3 Å². The van der Waals surface area contributed by atoms with Gasteiger partial charge >= 0.3 is 5.97 Å². The first-order valence-electron chi connectivity index (χ1n) is 8.72. The fourth-order valence-electron chi connectivity index (χ4n) is 3.26. The number of aryl methyl sites for hydroxylation is 3. The normalized spacial score (nSPS) is 10.9. The van der Waals surface area contributed by atoms with Crippen molar-refractivity contribution in [3.05, 3.63) is 45.8 Å². The summed E-state index contributed by atoms with van der Waals surface area (Å²) in [5.74, 6) is -1.29. The van der Waals surface area contributed by atoms with Gasteiger partial charge in [0.25, 0.3) is 5.91 Å². The largest absolute Gasteiger partial charge is 0.451 e. The smallest absolute Gasteiger partial charge is 0.355 e. The number of carbonyl (C=O) groups excluding carboxylic acids is 3. The van der Waals surface area contributed by atoms with E-state index >= 15 is 0 Å². The maximum atomic E-state index is 12.3. The lowest BCUT2D eigenvalue weighted by Gasteiger charge is -2.04. The van der Waals surface area contributed by atoms with Crippen molar-refractivity contribution in [1.82, 2.24) is 9.97 Å². The number of thiazole rings is 1. The molecule has 2 heterocycles. The molecule has 0 unspecified atom stereocenters. The average Bonchev–Trinajstić information content (AvgIpc) is 3.12. The minimum atomic E-state index is -0.681. The Balaban J connectivity index is 1.66. The Morgan fingerprint density at radius 3 is 2.54 bits per heavy atom. The quantitative estimate of drug-likeness (QED) is 0.501. The molecule has 0 aliphatic rings. The zero-order chi connectivity index (χ0) is 20.6. The third kappa shape index (κ3) is 3.82. The summed E-state index contributed by atoms with van der Waals surface area (Å²) in [6, 6.07) is 4.05. The zero-order valence-electron chi connectivity index (χ0n) is 16.4. The minimum Gasteiger partial charge on any atom is -0.451 e. The van der Waals surface area contributed by atoms with Crippen LogP contribution in [-0.4, -0.2) is 34.2 Å². The molecule has 0 saturated heterocycles. The number of aromatic nitrogens is 2. The monoisotopic (exact) mass is 399 g/mol. The number of rotatable bonds is 5. The van der Waals surface area contributed by atoms with Crippen LogP contribution in [0.2, 0.25) is 0 Å². The van der Waals surface area contributed by atoms with Crippen LogP contribution in [0.4, 0.5) is 5.13 Å². The highest BCUT2D eigenvalue weighted by Crippen LogP contribution is 2.29. The summed E-state index contributed by atoms with van der Waals surface area (Å²) in [4.78, 5) is 43.4. The Morgan fingerprint density at radius 1 is 1.18 bits per heavy atom. The molecule has 2 aromatic heterocycles. The Hall–Kier alpha value is -3.00. The second-order valence-electron chi connectivity index (χ2n) is 6.75. The number of nitrogens with one attached hydrogen (secondary N) is 2. The van der Waals surface area contributed by atoms with Gasteiger partial charge in [-0.05, 0) is 57.4 Å². The zero-order valence-corrected chi connectivity index (χ0v) is 17.2. The topological polar surface area (TPSA) is 101 Å². The van der Waals surface area contributed by atoms with Crippen molar-refractivity contribution in [1.29, 1.82) is 0 Å². The van der Waals surface area contributed by atoms with Gasteiger partial charge in [0.15, 0.2) is 17.5 Å². The van der Waals surface area contributed by atoms with Crippen molar-refractivity contribution in [3.63, 3.8) is 0 Å². The van der Waals surface area contributed by atoms with Gasteiger partial charge in [0.1, 0.15) is 5.69 Å². The molecule has 8 heteroatoms. The third-order valence-electron chi connectivity index (χ3n) is 4.40. The van der Waals surface area contributed by atoms with E-state index in [4.69, 9.17) is 4.74 Å². The number of benzene rings is 1. The lowest BCUT2D eigenvalue weighted by molar-refractivity contribution is -0.119. The third-order valence-corrected chi connectivity index (χ3v) is 5.32. The molecule has 146 valence electrons. The molecule has 2 N–H and O–H groups in total. The standard InChI is InChI=1S/C20H21N3O4S/c1-9-6-10(2)17-14(7-9)28-20(23-17)22-15(25)8-27-19(26)18-11(3)16(13(5)24)12(4)21-18/h6-7,21H,8H2,1-5H3,(H,22,23,25). The fourth-order valence-corrected chi connectivity index (χ4v) is 4.32. The fraction of sp³-hybridized carbons (Fsp3) is 0.300. The molecule has 0 radical (unpaired) electrons. The highest BCUT2D eigenvalue weighted by molar-refractivity contribution is 7.22. The lowest BCUT2D eigenvalue weighted by atomic mass is 10.1. The second kappa shape index (κ2) is 7.55. The Bertz CT molecular complexity index is 1110. The van der Waals surface area contributed by atoms with Crippen LogP contribution in [0.25, 0.3) is 10.2 Å². The predicted molar refractivity (Wildman–Crippen MR) is 108 cm³/mol. The van der Waals surface area contributed by atoms with Crippen molar-refractivity contribution in [2.45, 2.75) is 34.6 Å². The minimum absolute atomic E-state index is 0.135. The summed E-state index contributed by atoms with van der Waals surface area (Å²) in [5, 5.41) is 3.12.